The first-order valence-electron chi connectivity index (χ1n) is 14.7. The maximum atomic E-state index is 13.9. The van der Waals surface area contributed by atoms with E-state index in [0.29, 0.717) is 34.8 Å². The largest absolute Gasteiger partial charge is 0.315 e. The summed E-state index contributed by atoms with van der Waals surface area (Å²) in [4.78, 5) is 22.1. The van der Waals surface area contributed by atoms with E-state index >= 15 is 0 Å². The molecule has 1 aromatic heterocycles. The molecular weight excluding hydrogens is 542 g/mol. The van der Waals surface area contributed by atoms with Crippen LogP contribution >= 0.6 is 0 Å². The third kappa shape index (κ3) is 8.17. The molecule has 1 amide bonds. The minimum atomic E-state index is -3.57. The Balaban J connectivity index is 2.09. The number of carbonyl (C=O) groups excluding carboxylic acids is 1. The van der Waals surface area contributed by atoms with Crippen molar-refractivity contribution in [2.24, 2.45) is 5.41 Å². The molecule has 6 nitrogen and oxygen atoms in total. The number of sulfone groups is 1. The topological polar surface area (TPSA) is 89.0 Å². The van der Waals surface area contributed by atoms with Crippen LogP contribution in [-0.4, -0.2) is 29.5 Å². The Labute approximate surface area is 252 Å². The Morgan fingerprint density at radius 1 is 1.05 bits per heavy atom. The first-order chi connectivity index (χ1) is 19.9. The molecule has 1 unspecified atom stereocenters. The van der Waals surface area contributed by atoms with Crippen molar-refractivity contribution in [2.45, 2.75) is 90.7 Å². The quantitative estimate of drug-likeness (QED) is 0.243. The van der Waals surface area contributed by atoms with Gasteiger partial charge in [-0.2, -0.15) is 0 Å². The molecular formula is C35H43N3O3S. The molecule has 1 atom stereocenters. The Bertz CT molecular complexity index is 1610. The number of unbranched alkanes of at least 4 members (excludes halogenated alkanes) is 1. The number of nitrogens with zero attached hydrogens (tertiary/aromatic N) is 2. The van der Waals surface area contributed by atoms with Gasteiger partial charge in [0.05, 0.1) is 33.4 Å². The van der Waals surface area contributed by atoms with Crippen molar-refractivity contribution in [3.63, 3.8) is 0 Å². The van der Waals surface area contributed by atoms with Crippen LogP contribution < -0.4 is 5.32 Å². The van der Waals surface area contributed by atoms with E-state index in [0.717, 1.165) is 41.7 Å². The molecule has 222 valence electrons. The normalized spacial score (nSPS) is 12.8. The van der Waals surface area contributed by atoms with Crippen LogP contribution in [0.25, 0.3) is 16.8 Å². The monoisotopic (exact) mass is 585 g/mol. The van der Waals surface area contributed by atoms with Gasteiger partial charge in [-0.1, -0.05) is 90.6 Å². The Morgan fingerprint density at radius 2 is 1.79 bits per heavy atom. The highest BCUT2D eigenvalue weighted by molar-refractivity contribution is 7.92. The first-order valence-corrected chi connectivity index (χ1v) is 16.3. The molecule has 0 aliphatic carbocycles. The molecule has 0 aliphatic heterocycles. The van der Waals surface area contributed by atoms with Crippen LogP contribution in [0.4, 0.5) is 5.69 Å². The molecule has 0 bridgehead atoms. The van der Waals surface area contributed by atoms with Gasteiger partial charge < -0.3 is 5.32 Å². The number of aromatic nitrogens is 2. The average Bonchev–Trinajstić information content (AvgIpc) is 2.95. The number of carbonyl (C=O) groups is 1. The third-order valence-electron chi connectivity index (χ3n) is 7.01. The maximum Gasteiger partial charge on any atom is 0.300 e. The summed E-state index contributed by atoms with van der Waals surface area (Å²) in [6.45, 7) is 13.9. The highest BCUT2D eigenvalue weighted by Crippen LogP contribution is 2.35. The summed E-state index contributed by atoms with van der Waals surface area (Å²) < 4.78 is 27.8. The minimum Gasteiger partial charge on any atom is -0.315 e. The Hall–Kier alpha value is -3.76. The Kier molecular flexibility index (Phi) is 11.2. The standard InChI is InChI=1S/C35H43N3O3S/c1-8-11-20-30(26-16-14-19-29(23-26)42(40,41)32(15-10-3)35(5,6)7)34-25(4)36-24-31(38-34)27-17-13-18-28(22-27)37-33(39)21-12-9-2/h13-14,16-20,22-24,32H,8-11,15H2,1-7H3,(H,37,39)/b30-20-. The molecule has 3 aromatic rings. The van der Waals surface area contributed by atoms with Gasteiger partial charge in [0.2, 0.25) is 0 Å². The zero-order valence-electron chi connectivity index (χ0n) is 25.9. The van der Waals surface area contributed by atoms with Crippen LogP contribution in [0, 0.1) is 24.2 Å². The molecule has 0 saturated carbocycles. The summed E-state index contributed by atoms with van der Waals surface area (Å²) in [7, 11) is -3.57. The van der Waals surface area contributed by atoms with Crippen LogP contribution in [0.2, 0.25) is 0 Å². The predicted octanol–water partition coefficient (Wildman–Crippen LogP) is 8.02. The molecule has 0 spiro atoms. The lowest BCUT2D eigenvalue weighted by molar-refractivity contribution is -0.111. The molecule has 0 radical (unpaired) electrons. The van der Waals surface area contributed by atoms with E-state index in [-0.39, 0.29) is 5.91 Å². The van der Waals surface area contributed by atoms with Gasteiger partial charge in [-0.25, -0.2) is 13.4 Å². The zero-order chi connectivity index (χ0) is 30.9. The van der Waals surface area contributed by atoms with E-state index in [1.54, 1.807) is 24.4 Å². The lowest BCUT2D eigenvalue weighted by Gasteiger charge is -2.30. The number of hydrogen-bond acceptors (Lipinski definition) is 5. The molecule has 7 heteroatoms. The summed E-state index contributed by atoms with van der Waals surface area (Å²) >= 11 is 0. The molecule has 1 heterocycles. The molecule has 42 heavy (non-hydrogen) atoms. The smallest absolute Gasteiger partial charge is 0.300 e. The second kappa shape index (κ2) is 14.4. The van der Waals surface area contributed by atoms with Gasteiger partial charge >= 0.3 is 0 Å². The number of allylic oxidation sites excluding steroid dienone is 1. The number of benzene rings is 2. The fourth-order valence-corrected chi connectivity index (χ4v) is 7.26. The number of anilines is 1. The van der Waals surface area contributed by atoms with Crippen LogP contribution in [0.15, 0.2) is 65.7 Å². The lowest BCUT2D eigenvalue weighted by atomic mass is 9.89. The van der Waals surface area contributed by atoms with Gasteiger partial charge in [0.15, 0.2) is 9.84 Å². The fourth-order valence-electron chi connectivity index (χ4n) is 4.89. The van der Waals surface area contributed by atoms with Crippen molar-refractivity contribution in [1.82, 2.24) is 9.97 Å². The third-order valence-corrected chi connectivity index (χ3v) is 9.61. The van der Waals surface area contributed by atoms with Crippen molar-refractivity contribution >= 4 is 27.0 Å². The predicted molar refractivity (Wildman–Crippen MR) is 173 cm³/mol. The molecule has 1 N–H and O–H groups in total. The lowest BCUT2D eigenvalue weighted by Crippen LogP contribution is -2.34. The second-order valence-electron chi connectivity index (χ2n) is 11.5. The van der Waals surface area contributed by atoms with Crippen LogP contribution in [0.5, 0.6) is 0 Å². The fraction of sp³-hybridized carbons (Fsp3) is 0.400. The van der Waals surface area contributed by atoms with Gasteiger partial charge in [0.25, 0.3) is 5.91 Å². The van der Waals surface area contributed by atoms with E-state index in [4.69, 9.17) is 4.98 Å². The van der Waals surface area contributed by atoms with Gasteiger partial charge in [-0.15, -0.1) is 0 Å². The molecule has 2 aromatic carbocycles. The summed E-state index contributed by atoms with van der Waals surface area (Å²) in [5.74, 6) is 4.98. The summed E-state index contributed by atoms with van der Waals surface area (Å²) in [5.41, 5.74) is 4.75. The van der Waals surface area contributed by atoms with Crippen molar-refractivity contribution in [3.8, 4) is 23.1 Å². The van der Waals surface area contributed by atoms with E-state index in [1.807, 2.05) is 71.9 Å². The number of amides is 1. The summed E-state index contributed by atoms with van der Waals surface area (Å²) in [6, 6.07) is 14.7. The first kappa shape index (κ1) is 32.8. The van der Waals surface area contributed by atoms with Crippen molar-refractivity contribution < 1.29 is 13.2 Å². The number of aryl methyl sites for hydroxylation is 1. The molecule has 0 aliphatic rings. The molecule has 0 fully saturated rings. The number of rotatable bonds is 10. The van der Waals surface area contributed by atoms with Crippen LogP contribution in [-0.2, 0) is 14.6 Å². The molecule has 3 rings (SSSR count). The van der Waals surface area contributed by atoms with E-state index in [1.165, 1.54) is 0 Å². The van der Waals surface area contributed by atoms with E-state index in [9.17, 15) is 13.2 Å². The number of hydrogen-bond donors (Lipinski definition) is 1. The SMILES string of the molecule is CCC#CC(=O)Nc1cccc(-c2cnc(C)c(/C(=C\CCC)c3cccc(S(=O)(=O)C(CCC)C(C)(C)C)c3)n2)c1. The minimum absolute atomic E-state index is 0.326. The maximum absolute atomic E-state index is 13.9. The Morgan fingerprint density at radius 3 is 2.45 bits per heavy atom. The highest BCUT2D eigenvalue weighted by atomic mass is 32.2. The average molecular weight is 586 g/mol. The van der Waals surface area contributed by atoms with Crippen molar-refractivity contribution in [2.75, 3.05) is 5.32 Å². The van der Waals surface area contributed by atoms with Gasteiger partial charge in [-0.3, -0.25) is 9.78 Å². The number of nitrogens with one attached hydrogen (secondary N) is 1. The zero-order valence-corrected chi connectivity index (χ0v) is 26.7. The van der Waals surface area contributed by atoms with Gasteiger partial charge in [0, 0.05) is 23.2 Å². The van der Waals surface area contributed by atoms with Gasteiger partial charge in [0.1, 0.15) is 0 Å². The second-order valence-corrected chi connectivity index (χ2v) is 13.6. The molecule has 0 saturated heterocycles. The van der Waals surface area contributed by atoms with Crippen LogP contribution in [0.1, 0.15) is 90.6 Å². The van der Waals surface area contributed by atoms with Gasteiger partial charge in [-0.05, 0) is 60.9 Å². The van der Waals surface area contributed by atoms with Crippen molar-refractivity contribution in [1.29, 1.82) is 0 Å². The highest BCUT2D eigenvalue weighted by Gasteiger charge is 2.36. The van der Waals surface area contributed by atoms with E-state index in [2.05, 4.69) is 35.1 Å². The van der Waals surface area contributed by atoms with Crippen LogP contribution in [0.3, 0.4) is 0 Å². The van der Waals surface area contributed by atoms with Crippen molar-refractivity contribution in [3.05, 3.63) is 77.8 Å². The van der Waals surface area contributed by atoms with E-state index < -0.39 is 20.5 Å². The summed E-state index contributed by atoms with van der Waals surface area (Å²) in [6.07, 6.45) is 7.56. The summed E-state index contributed by atoms with van der Waals surface area (Å²) in [5, 5.41) is 2.32.